The van der Waals surface area contributed by atoms with Crippen molar-refractivity contribution in [2.24, 2.45) is 0 Å². The summed E-state index contributed by atoms with van der Waals surface area (Å²) in [5.41, 5.74) is 3.05. The molecule has 0 N–H and O–H groups in total. The van der Waals surface area contributed by atoms with Gasteiger partial charge in [-0.1, -0.05) is 48.0 Å². The van der Waals surface area contributed by atoms with Crippen molar-refractivity contribution < 1.29 is 9.21 Å². The van der Waals surface area contributed by atoms with Gasteiger partial charge >= 0.3 is 0 Å². The van der Waals surface area contributed by atoms with Crippen molar-refractivity contribution in [3.8, 4) is 11.3 Å². The number of piperazine rings is 1. The Morgan fingerprint density at radius 3 is 2.58 bits per heavy atom. The molecule has 3 heterocycles. The highest BCUT2D eigenvalue weighted by Gasteiger charge is 2.25. The van der Waals surface area contributed by atoms with Gasteiger partial charge in [0, 0.05) is 49.9 Å². The van der Waals surface area contributed by atoms with E-state index in [1.54, 1.807) is 12.1 Å². The molecule has 0 unspecified atom stereocenters. The number of furan rings is 1. The number of hydrogen-bond donors (Lipinski definition) is 0. The summed E-state index contributed by atoms with van der Waals surface area (Å²) in [4.78, 5) is 21.7. The summed E-state index contributed by atoms with van der Waals surface area (Å²) in [5, 5.41) is 1.76. The van der Waals surface area contributed by atoms with Gasteiger partial charge in [-0.25, -0.2) is 0 Å². The summed E-state index contributed by atoms with van der Waals surface area (Å²) in [6.45, 7) is 3.78. The van der Waals surface area contributed by atoms with Crippen LogP contribution in [-0.2, 0) is 6.54 Å². The van der Waals surface area contributed by atoms with E-state index in [0.29, 0.717) is 29.6 Å². The number of benzene rings is 2. The van der Waals surface area contributed by atoms with Crippen LogP contribution in [0.3, 0.4) is 0 Å². The molecule has 1 fully saturated rings. The third-order valence-corrected chi connectivity index (χ3v) is 6.06. The van der Waals surface area contributed by atoms with E-state index in [9.17, 15) is 4.79 Å². The molecule has 2 aromatic heterocycles. The van der Waals surface area contributed by atoms with Crippen molar-refractivity contribution in [2.45, 2.75) is 6.54 Å². The van der Waals surface area contributed by atoms with Crippen molar-refractivity contribution in [1.29, 1.82) is 0 Å². The van der Waals surface area contributed by atoms with Crippen LogP contribution in [-0.4, -0.2) is 46.9 Å². The van der Waals surface area contributed by atoms with Crippen LogP contribution >= 0.6 is 11.6 Å². The van der Waals surface area contributed by atoms with Gasteiger partial charge < -0.3 is 9.32 Å². The number of rotatable bonds is 4. The first-order valence-electron chi connectivity index (χ1n) is 10.4. The highest BCUT2D eigenvalue weighted by Crippen LogP contribution is 2.29. The molecule has 31 heavy (non-hydrogen) atoms. The number of carbonyl (C=O) groups excluding carboxylic acids is 1. The molecular weight excluding hydrogens is 410 g/mol. The zero-order valence-corrected chi connectivity index (χ0v) is 17.8. The maximum Gasteiger partial charge on any atom is 0.289 e. The number of amides is 1. The van der Waals surface area contributed by atoms with Gasteiger partial charge in [-0.3, -0.25) is 14.7 Å². The standard InChI is InChI=1S/C25H22ClN3O2/c26-21-9-2-1-8-20(21)22-10-11-23(31-22)25(30)29-15-13-28(14-16-29)17-19-6-3-5-18-7-4-12-27-24(18)19/h1-12H,13-17H2. The monoisotopic (exact) mass is 431 g/mol. The summed E-state index contributed by atoms with van der Waals surface area (Å²) in [5.74, 6) is 0.877. The SMILES string of the molecule is O=C(c1ccc(-c2ccccc2Cl)o1)N1CCN(Cc2cccc3cccnc23)CC1. The number of fused-ring (bicyclic) bond motifs is 1. The lowest BCUT2D eigenvalue weighted by Gasteiger charge is -2.34. The molecule has 1 aliphatic heterocycles. The normalized spacial score (nSPS) is 14.8. The maximum absolute atomic E-state index is 12.9. The smallest absolute Gasteiger partial charge is 0.289 e. The lowest BCUT2D eigenvalue weighted by Crippen LogP contribution is -2.48. The van der Waals surface area contributed by atoms with Crippen LogP contribution in [0.2, 0.25) is 5.02 Å². The minimum atomic E-state index is -0.0789. The van der Waals surface area contributed by atoms with Crippen molar-refractivity contribution in [2.75, 3.05) is 26.2 Å². The highest BCUT2D eigenvalue weighted by molar-refractivity contribution is 6.33. The van der Waals surface area contributed by atoms with E-state index in [0.717, 1.165) is 36.1 Å². The van der Waals surface area contributed by atoms with Gasteiger partial charge in [-0.15, -0.1) is 0 Å². The number of pyridine rings is 1. The van der Waals surface area contributed by atoms with Gasteiger partial charge in [-0.2, -0.15) is 0 Å². The molecule has 0 atom stereocenters. The van der Waals surface area contributed by atoms with E-state index in [-0.39, 0.29) is 5.91 Å². The fraction of sp³-hybridized carbons (Fsp3) is 0.200. The molecule has 4 aromatic rings. The van der Waals surface area contributed by atoms with Gasteiger partial charge in [0.05, 0.1) is 10.5 Å². The zero-order chi connectivity index (χ0) is 21.2. The van der Waals surface area contributed by atoms with Crippen LogP contribution < -0.4 is 0 Å². The molecule has 1 saturated heterocycles. The van der Waals surface area contributed by atoms with Crippen molar-refractivity contribution in [3.63, 3.8) is 0 Å². The number of para-hydroxylation sites is 1. The number of aromatic nitrogens is 1. The first-order valence-corrected chi connectivity index (χ1v) is 10.8. The van der Waals surface area contributed by atoms with Crippen molar-refractivity contribution in [3.05, 3.63) is 89.3 Å². The molecule has 2 aromatic carbocycles. The quantitative estimate of drug-likeness (QED) is 0.450. The third-order valence-electron chi connectivity index (χ3n) is 5.73. The van der Waals surface area contributed by atoms with Crippen molar-refractivity contribution >= 4 is 28.4 Å². The number of halogens is 1. The topological polar surface area (TPSA) is 49.6 Å². The highest BCUT2D eigenvalue weighted by atomic mass is 35.5. The summed E-state index contributed by atoms with van der Waals surface area (Å²) >= 11 is 6.25. The van der Waals surface area contributed by atoms with Gasteiger partial charge in [0.2, 0.25) is 0 Å². The summed E-state index contributed by atoms with van der Waals surface area (Å²) in [7, 11) is 0. The van der Waals surface area contributed by atoms with Crippen LogP contribution in [0.4, 0.5) is 0 Å². The van der Waals surface area contributed by atoms with Crippen LogP contribution in [0.15, 0.2) is 77.3 Å². The Kier molecular flexibility index (Phi) is 5.45. The van der Waals surface area contributed by atoms with Crippen molar-refractivity contribution in [1.82, 2.24) is 14.8 Å². The predicted molar refractivity (Wildman–Crippen MR) is 122 cm³/mol. The number of carbonyl (C=O) groups is 1. The molecule has 1 aliphatic rings. The number of hydrogen-bond acceptors (Lipinski definition) is 4. The lowest BCUT2D eigenvalue weighted by atomic mass is 10.1. The Morgan fingerprint density at radius 1 is 0.935 bits per heavy atom. The van der Waals surface area contributed by atoms with Gasteiger partial charge in [0.25, 0.3) is 5.91 Å². The molecule has 0 aliphatic carbocycles. The fourth-order valence-corrected chi connectivity index (χ4v) is 4.29. The Labute approximate surface area is 185 Å². The van der Waals surface area contributed by atoms with E-state index in [2.05, 4.69) is 34.1 Å². The van der Waals surface area contributed by atoms with E-state index in [4.69, 9.17) is 16.0 Å². The Balaban J connectivity index is 1.24. The van der Waals surface area contributed by atoms with E-state index in [1.165, 1.54) is 5.56 Å². The largest absolute Gasteiger partial charge is 0.451 e. The molecule has 5 nitrogen and oxygen atoms in total. The predicted octanol–water partition coefficient (Wildman–Crippen LogP) is 5.11. The minimum Gasteiger partial charge on any atom is -0.451 e. The molecule has 1 amide bonds. The van der Waals surface area contributed by atoms with E-state index < -0.39 is 0 Å². The second-order valence-electron chi connectivity index (χ2n) is 7.70. The maximum atomic E-state index is 12.9. The summed E-state index contributed by atoms with van der Waals surface area (Å²) in [6.07, 6.45) is 1.84. The molecule has 156 valence electrons. The molecule has 0 spiro atoms. The average Bonchev–Trinajstić information content (AvgIpc) is 3.30. The third kappa shape index (κ3) is 4.07. The van der Waals surface area contributed by atoms with Crippen LogP contribution in [0.5, 0.6) is 0 Å². The number of nitrogens with zero attached hydrogens (tertiary/aromatic N) is 3. The Bertz CT molecular complexity index is 1220. The first kappa shape index (κ1) is 19.8. The van der Waals surface area contributed by atoms with Crippen LogP contribution in [0.1, 0.15) is 16.1 Å². The van der Waals surface area contributed by atoms with E-state index >= 15 is 0 Å². The molecule has 0 radical (unpaired) electrons. The second kappa shape index (κ2) is 8.53. The summed E-state index contributed by atoms with van der Waals surface area (Å²) < 4.78 is 5.84. The lowest BCUT2D eigenvalue weighted by molar-refractivity contribution is 0.0599. The minimum absolute atomic E-state index is 0.0789. The van der Waals surface area contributed by atoms with Gasteiger partial charge in [0.1, 0.15) is 5.76 Å². The second-order valence-corrected chi connectivity index (χ2v) is 8.11. The molecular formula is C25H22ClN3O2. The van der Waals surface area contributed by atoms with Crippen LogP contribution in [0, 0.1) is 0 Å². The first-order chi connectivity index (χ1) is 15.2. The fourth-order valence-electron chi connectivity index (χ4n) is 4.06. The van der Waals surface area contributed by atoms with Gasteiger partial charge in [-0.05, 0) is 35.9 Å². The average molecular weight is 432 g/mol. The molecule has 0 bridgehead atoms. The van der Waals surface area contributed by atoms with Crippen LogP contribution in [0.25, 0.3) is 22.2 Å². The zero-order valence-electron chi connectivity index (χ0n) is 17.0. The Morgan fingerprint density at radius 2 is 1.74 bits per heavy atom. The Hall–Kier alpha value is -3.15. The van der Waals surface area contributed by atoms with E-state index in [1.807, 2.05) is 41.4 Å². The molecule has 6 heteroatoms. The molecule has 0 saturated carbocycles. The van der Waals surface area contributed by atoms with Gasteiger partial charge in [0.15, 0.2) is 5.76 Å². The summed E-state index contributed by atoms with van der Waals surface area (Å²) in [6, 6.07) is 21.3. The molecule has 5 rings (SSSR count).